The Labute approximate surface area is 180 Å². The minimum atomic E-state index is -0.344. The van der Waals surface area contributed by atoms with Crippen LogP contribution in [0.4, 0.5) is 14.9 Å². The Balaban J connectivity index is 1.58. The van der Waals surface area contributed by atoms with Crippen LogP contribution in [0.25, 0.3) is 6.08 Å². The zero-order valence-electron chi connectivity index (χ0n) is 17.6. The summed E-state index contributed by atoms with van der Waals surface area (Å²) in [5.74, 6) is -0.241. The third-order valence-corrected chi connectivity index (χ3v) is 6.99. The summed E-state index contributed by atoms with van der Waals surface area (Å²) in [6.45, 7) is 6.87. The van der Waals surface area contributed by atoms with Gasteiger partial charge in [-0.05, 0) is 85.0 Å². The highest BCUT2D eigenvalue weighted by Crippen LogP contribution is 2.43. The minimum Gasteiger partial charge on any atom is -0.369 e. The van der Waals surface area contributed by atoms with Crippen LogP contribution >= 0.6 is 11.8 Å². The number of anilines is 1. The van der Waals surface area contributed by atoms with Crippen molar-refractivity contribution in [3.63, 3.8) is 0 Å². The highest BCUT2D eigenvalue weighted by Gasteiger charge is 2.36. The molecule has 1 atom stereocenters. The number of rotatable bonds is 3. The van der Waals surface area contributed by atoms with Crippen LogP contribution in [0.1, 0.15) is 49.8 Å². The fourth-order valence-corrected chi connectivity index (χ4v) is 5.08. The lowest BCUT2D eigenvalue weighted by Crippen LogP contribution is -2.45. The third kappa shape index (κ3) is 3.76. The molecule has 1 fully saturated rings. The predicted octanol–water partition coefficient (Wildman–Crippen LogP) is 5.78. The molecule has 0 aliphatic carbocycles. The van der Waals surface area contributed by atoms with E-state index in [2.05, 4.69) is 44.9 Å². The van der Waals surface area contributed by atoms with Crippen molar-refractivity contribution in [2.24, 2.45) is 0 Å². The molecule has 30 heavy (non-hydrogen) atoms. The molecule has 2 amide bonds. The van der Waals surface area contributed by atoms with Crippen LogP contribution in [0, 0.1) is 5.82 Å². The largest absolute Gasteiger partial charge is 0.369 e. The average Bonchev–Trinajstić information content (AvgIpc) is 2.95. The molecule has 0 saturated carbocycles. The number of amides is 2. The van der Waals surface area contributed by atoms with E-state index in [1.807, 2.05) is 6.07 Å². The summed E-state index contributed by atoms with van der Waals surface area (Å²) >= 11 is 0.952. The van der Waals surface area contributed by atoms with Crippen LogP contribution in [0.2, 0.25) is 0 Å². The zero-order valence-corrected chi connectivity index (χ0v) is 18.4. The summed E-state index contributed by atoms with van der Waals surface area (Å²) in [7, 11) is 2.12. The van der Waals surface area contributed by atoms with Crippen LogP contribution < -0.4 is 4.90 Å². The Bertz CT molecular complexity index is 1050. The first-order valence-corrected chi connectivity index (χ1v) is 10.8. The van der Waals surface area contributed by atoms with Crippen molar-refractivity contribution in [3.05, 3.63) is 69.9 Å². The van der Waals surface area contributed by atoms with Crippen molar-refractivity contribution in [2.45, 2.75) is 45.2 Å². The predicted molar refractivity (Wildman–Crippen MR) is 120 cm³/mol. The molecule has 156 valence electrons. The number of nitrogens with zero attached hydrogens (tertiary/aromatic N) is 2. The zero-order chi connectivity index (χ0) is 21.6. The maximum absolute atomic E-state index is 13.1. The third-order valence-electron chi connectivity index (χ3n) is 6.08. The molecular weight excluding hydrogens is 399 g/mol. The molecule has 2 aromatic rings. The van der Waals surface area contributed by atoms with Gasteiger partial charge in [0.1, 0.15) is 5.82 Å². The molecule has 2 heterocycles. The van der Waals surface area contributed by atoms with Gasteiger partial charge in [-0.3, -0.25) is 14.5 Å². The van der Waals surface area contributed by atoms with Gasteiger partial charge in [-0.25, -0.2) is 4.39 Å². The maximum Gasteiger partial charge on any atom is 0.293 e. The molecule has 4 nitrogen and oxygen atoms in total. The van der Waals surface area contributed by atoms with E-state index in [4.69, 9.17) is 0 Å². The average molecular weight is 425 g/mol. The van der Waals surface area contributed by atoms with Crippen LogP contribution in [0.5, 0.6) is 0 Å². The van der Waals surface area contributed by atoms with E-state index in [0.29, 0.717) is 16.4 Å². The van der Waals surface area contributed by atoms with Gasteiger partial charge in [-0.15, -0.1) is 0 Å². The van der Waals surface area contributed by atoms with Gasteiger partial charge in [0.25, 0.3) is 11.1 Å². The minimum absolute atomic E-state index is 0.0942. The SMILES string of the molecule is CC1CC(C)(C)N(C)c2ccc(/C=C3\SC(=O)N(Cc4ccc(F)cc4)C3=O)cc21. The van der Waals surface area contributed by atoms with Gasteiger partial charge < -0.3 is 4.90 Å². The number of hydrogen-bond donors (Lipinski definition) is 0. The van der Waals surface area contributed by atoms with Gasteiger partial charge in [0.05, 0.1) is 11.4 Å². The van der Waals surface area contributed by atoms with Crippen molar-refractivity contribution in [1.82, 2.24) is 4.90 Å². The molecule has 6 heteroatoms. The summed E-state index contributed by atoms with van der Waals surface area (Å²) in [5.41, 5.74) is 4.20. The quantitative estimate of drug-likeness (QED) is 0.585. The van der Waals surface area contributed by atoms with E-state index in [1.165, 1.54) is 28.3 Å². The summed E-state index contributed by atoms with van der Waals surface area (Å²) in [4.78, 5) is 29.2. The number of benzene rings is 2. The fraction of sp³-hybridized carbons (Fsp3) is 0.333. The van der Waals surface area contributed by atoms with Crippen LogP contribution in [0.3, 0.4) is 0 Å². The molecule has 1 unspecified atom stereocenters. The summed E-state index contributed by atoms with van der Waals surface area (Å²) in [5, 5.41) is -0.302. The standard InChI is InChI=1S/C24H25FN2O2S/c1-15-13-24(2,3)26(4)20-10-7-17(11-19(15)20)12-21-22(28)27(23(29)30-21)14-16-5-8-18(25)9-6-16/h5-12,15H,13-14H2,1-4H3/b21-12-. The molecule has 2 aliphatic heterocycles. The molecule has 1 saturated heterocycles. The second-order valence-electron chi connectivity index (χ2n) is 8.69. The molecule has 0 N–H and O–H groups in total. The van der Waals surface area contributed by atoms with Crippen molar-refractivity contribution in [1.29, 1.82) is 0 Å². The van der Waals surface area contributed by atoms with Gasteiger partial charge >= 0.3 is 0 Å². The maximum atomic E-state index is 13.1. The lowest BCUT2D eigenvalue weighted by atomic mass is 9.80. The van der Waals surface area contributed by atoms with Gasteiger partial charge in [-0.1, -0.05) is 25.1 Å². The van der Waals surface area contributed by atoms with Crippen LogP contribution in [-0.2, 0) is 11.3 Å². The Morgan fingerprint density at radius 1 is 1.17 bits per heavy atom. The van der Waals surface area contributed by atoms with Crippen molar-refractivity contribution < 1.29 is 14.0 Å². The molecule has 2 aromatic carbocycles. The summed E-state index contributed by atoms with van der Waals surface area (Å²) in [6, 6.07) is 12.1. The van der Waals surface area contributed by atoms with Crippen LogP contribution in [-0.4, -0.2) is 28.6 Å². The number of imide groups is 1. The molecule has 0 radical (unpaired) electrons. The monoisotopic (exact) mass is 424 g/mol. The number of carbonyl (C=O) groups is 2. The van der Waals surface area contributed by atoms with E-state index in [9.17, 15) is 14.0 Å². The number of hydrogen-bond acceptors (Lipinski definition) is 4. The van der Waals surface area contributed by atoms with E-state index in [0.717, 1.165) is 23.7 Å². The molecule has 2 aliphatic rings. The van der Waals surface area contributed by atoms with E-state index >= 15 is 0 Å². The van der Waals surface area contributed by atoms with Crippen LogP contribution in [0.15, 0.2) is 47.4 Å². The molecule has 0 aromatic heterocycles. The molecule has 0 spiro atoms. The summed E-state index contributed by atoms with van der Waals surface area (Å²) in [6.07, 6.45) is 2.84. The van der Waals surface area contributed by atoms with Crippen molar-refractivity contribution in [3.8, 4) is 0 Å². The van der Waals surface area contributed by atoms with Gasteiger partial charge in [0.2, 0.25) is 0 Å². The normalized spacial score (nSPS) is 22.0. The topological polar surface area (TPSA) is 40.6 Å². The van der Waals surface area contributed by atoms with Crippen molar-refractivity contribution in [2.75, 3.05) is 11.9 Å². The number of thioether (sulfide) groups is 1. The second-order valence-corrected chi connectivity index (χ2v) is 9.68. The fourth-order valence-electron chi connectivity index (χ4n) is 4.25. The smallest absolute Gasteiger partial charge is 0.293 e. The van der Waals surface area contributed by atoms with E-state index in [1.54, 1.807) is 18.2 Å². The molecule has 4 rings (SSSR count). The first-order valence-electron chi connectivity index (χ1n) is 10.0. The number of carbonyl (C=O) groups excluding carboxylic acids is 2. The first-order chi connectivity index (χ1) is 14.2. The Morgan fingerprint density at radius 3 is 2.57 bits per heavy atom. The Kier molecular flexibility index (Phi) is 5.22. The number of fused-ring (bicyclic) bond motifs is 1. The first kappa shape index (κ1) is 20.7. The van der Waals surface area contributed by atoms with Gasteiger partial charge in [-0.2, -0.15) is 0 Å². The van der Waals surface area contributed by atoms with Gasteiger partial charge in [0, 0.05) is 18.3 Å². The lowest BCUT2D eigenvalue weighted by Gasteiger charge is -2.45. The Hall–Kier alpha value is -2.60. The lowest BCUT2D eigenvalue weighted by molar-refractivity contribution is -0.123. The molecule has 0 bridgehead atoms. The van der Waals surface area contributed by atoms with E-state index in [-0.39, 0.29) is 29.0 Å². The Morgan fingerprint density at radius 2 is 1.87 bits per heavy atom. The van der Waals surface area contributed by atoms with E-state index < -0.39 is 0 Å². The summed E-state index contributed by atoms with van der Waals surface area (Å²) < 4.78 is 13.1. The highest BCUT2D eigenvalue weighted by atomic mass is 32.2. The highest BCUT2D eigenvalue weighted by molar-refractivity contribution is 8.18. The van der Waals surface area contributed by atoms with Gasteiger partial charge in [0.15, 0.2) is 0 Å². The van der Waals surface area contributed by atoms with Crippen molar-refractivity contribution >= 4 is 34.7 Å². The number of halogens is 1. The molecular formula is C24H25FN2O2S. The second kappa shape index (κ2) is 7.58.